The Balaban J connectivity index is 1.89. The molecule has 0 fully saturated rings. The first-order valence-electron chi connectivity index (χ1n) is 7.18. The Bertz CT molecular complexity index is 943. The van der Waals surface area contributed by atoms with Gasteiger partial charge in [0.15, 0.2) is 0 Å². The smallest absolute Gasteiger partial charge is 0.346 e. The molecule has 3 aromatic carbocycles. The Morgan fingerprint density at radius 2 is 1.52 bits per heavy atom. The molecule has 0 radical (unpaired) electrons. The van der Waals surface area contributed by atoms with Gasteiger partial charge < -0.3 is 4.74 Å². The first-order valence-corrected chi connectivity index (χ1v) is 9.10. The molecule has 0 aromatic heterocycles. The van der Waals surface area contributed by atoms with E-state index in [0.29, 0.717) is 10.2 Å². The Morgan fingerprint density at radius 3 is 2.20 bits per heavy atom. The van der Waals surface area contributed by atoms with Gasteiger partial charge in [-0.1, -0.05) is 71.2 Å². The van der Waals surface area contributed by atoms with Gasteiger partial charge in [0.25, 0.3) is 0 Å². The molecule has 0 spiro atoms. The molecule has 0 atom stereocenters. The second-order valence-corrected chi connectivity index (χ2v) is 7.17. The van der Waals surface area contributed by atoms with Gasteiger partial charge in [0, 0.05) is 0 Å². The maximum Gasteiger partial charge on any atom is 0.346 e. The van der Waals surface area contributed by atoms with Crippen LogP contribution in [0.3, 0.4) is 0 Å². The van der Waals surface area contributed by atoms with E-state index in [1.807, 2.05) is 42.5 Å². The van der Waals surface area contributed by atoms with E-state index >= 15 is 0 Å². The maximum absolute atomic E-state index is 12.4. The molecule has 0 saturated carbocycles. The summed E-state index contributed by atoms with van der Waals surface area (Å²) in [6.07, 6.45) is 0. The molecule has 0 aliphatic rings. The monoisotopic (exact) mass is 454 g/mol. The van der Waals surface area contributed by atoms with E-state index in [9.17, 15) is 4.79 Å². The van der Waals surface area contributed by atoms with Gasteiger partial charge in [-0.2, -0.15) is 0 Å². The number of hydrogen-bond donors (Lipinski definition) is 0. The minimum atomic E-state index is -0.675. The van der Waals surface area contributed by atoms with Gasteiger partial charge in [0.05, 0.1) is 25.1 Å². The van der Waals surface area contributed by atoms with Crippen LogP contribution in [-0.4, -0.2) is 5.97 Å². The topological polar surface area (TPSA) is 26.3 Å². The van der Waals surface area contributed by atoms with Crippen molar-refractivity contribution in [2.75, 3.05) is 0 Å². The molecule has 0 aliphatic carbocycles. The Morgan fingerprint density at radius 1 is 0.840 bits per heavy atom. The number of ether oxygens (including phenoxy) is 1. The normalized spacial score (nSPS) is 10.6. The molecule has 0 saturated heterocycles. The Hall–Kier alpha value is -1.52. The van der Waals surface area contributed by atoms with Crippen molar-refractivity contribution in [3.05, 3.63) is 85.8 Å². The standard InChI is InChI=1S/C19H10BrCl3O2/c20-13-10-12(11-4-2-1-3-5-11)6-9-16(13)25-19(24)17-14(21)7-8-15(22)18(17)23/h1-10H. The molecule has 2 nitrogen and oxygen atoms in total. The summed E-state index contributed by atoms with van der Waals surface area (Å²) < 4.78 is 6.06. The second-order valence-electron chi connectivity index (χ2n) is 5.12. The highest BCUT2D eigenvalue weighted by Gasteiger charge is 2.20. The van der Waals surface area contributed by atoms with Gasteiger partial charge in [0.1, 0.15) is 5.75 Å². The number of hydrogen-bond acceptors (Lipinski definition) is 2. The van der Waals surface area contributed by atoms with Crippen molar-refractivity contribution in [1.29, 1.82) is 0 Å². The van der Waals surface area contributed by atoms with Crippen LogP contribution in [-0.2, 0) is 0 Å². The lowest BCUT2D eigenvalue weighted by Crippen LogP contribution is -2.10. The van der Waals surface area contributed by atoms with Crippen LogP contribution in [0.5, 0.6) is 5.75 Å². The molecule has 0 N–H and O–H groups in total. The third kappa shape index (κ3) is 4.01. The van der Waals surface area contributed by atoms with Gasteiger partial charge in [-0.3, -0.25) is 0 Å². The quantitative estimate of drug-likeness (QED) is 0.235. The van der Waals surface area contributed by atoms with Gasteiger partial charge in [-0.15, -0.1) is 0 Å². The van der Waals surface area contributed by atoms with Crippen molar-refractivity contribution in [2.45, 2.75) is 0 Å². The number of esters is 1. The van der Waals surface area contributed by atoms with Crippen molar-refractivity contribution in [2.24, 2.45) is 0 Å². The van der Waals surface area contributed by atoms with Gasteiger partial charge >= 0.3 is 5.97 Å². The van der Waals surface area contributed by atoms with Crippen LogP contribution in [0.2, 0.25) is 15.1 Å². The fourth-order valence-electron chi connectivity index (χ4n) is 2.26. The number of carbonyl (C=O) groups is 1. The average molecular weight is 457 g/mol. The summed E-state index contributed by atoms with van der Waals surface area (Å²) in [6, 6.07) is 18.3. The Kier molecular flexibility index (Phi) is 5.70. The third-order valence-electron chi connectivity index (χ3n) is 3.49. The van der Waals surface area contributed by atoms with Crippen molar-refractivity contribution >= 4 is 56.7 Å². The lowest BCUT2D eigenvalue weighted by Gasteiger charge is -2.11. The first-order chi connectivity index (χ1) is 12.0. The van der Waals surface area contributed by atoms with Crippen LogP contribution in [0.1, 0.15) is 10.4 Å². The molecule has 0 aliphatic heterocycles. The van der Waals surface area contributed by atoms with E-state index in [1.165, 1.54) is 12.1 Å². The average Bonchev–Trinajstić information content (AvgIpc) is 2.61. The summed E-state index contributed by atoms with van der Waals surface area (Å²) in [5, 5.41) is 0.476. The van der Waals surface area contributed by atoms with Crippen LogP contribution in [0.25, 0.3) is 11.1 Å². The molecule has 0 bridgehead atoms. The van der Waals surface area contributed by atoms with Gasteiger partial charge in [-0.05, 0) is 51.3 Å². The third-order valence-corrected chi connectivity index (χ3v) is 5.23. The highest BCUT2D eigenvalue weighted by atomic mass is 79.9. The van der Waals surface area contributed by atoms with Crippen LogP contribution in [0.4, 0.5) is 0 Å². The number of rotatable bonds is 3. The number of halogens is 4. The fraction of sp³-hybridized carbons (Fsp3) is 0. The van der Waals surface area contributed by atoms with E-state index in [0.717, 1.165) is 11.1 Å². The predicted octanol–water partition coefficient (Wildman–Crippen LogP) is 7.30. The Labute approximate surface area is 168 Å². The molecule has 25 heavy (non-hydrogen) atoms. The van der Waals surface area contributed by atoms with Crippen LogP contribution in [0.15, 0.2) is 65.1 Å². The predicted molar refractivity (Wildman–Crippen MR) is 106 cm³/mol. The zero-order chi connectivity index (χ0) is 18.0. The summed E-state index contributed by atoms with van der Waals surface area (Å²) in [5.41, 5.74) is 2.09. The zero-order valence-electron chi connectivity index (χ0n) is 12.6. The van der Waals surface area contributed by atoms with Crippen LogP contribution < -0.4 is 4.74 Å². The minimum Gasteiger partial charge on any atom is -0.422 e. The van der Waals surface area contributed by atoms with Gasteiger partial charge in [0.2, 0.25) is 0 Å². The van der Waals surface area contributed by atoms with Crippen molar-refractivity contribution < 1.29 is 9.53 Å². The highest BCUT2D eigenvalue weighted by Crippen LogP contribution is 2.35. The van der Waals surface area contributed by atoms with E-state index in [-0.39, 0.29) is 20.6 Å². The molecule has 3 aromatic rings. The first kappa shape index (κ1) is 18.3. The molecule has 6 heteroatoms. The van der Waals surface area contributed by atoms with E-state index in [4.69, 9.17) is 39.5 Å². The lowest BCUT2D eigenvalue weighted by molar-refractivity contribution is 0.0734. The SMILES string of the molecule is O=C(Oc1ccc(-c2ccccc2)cc1Br)c1c(Cl)ccc(Cl)c1Cl. The zero-order valence-corrected chi connectivity index (χ0v) is 16.5. The summed E-state index contributed by atoms with van der Waals surface area (Å²) >= 11 is 21.5. The largest absolute Gasteiger partial charge is 0.422 e. The minimum absolute atomic E-state index is 0.0369. The van der Waals surface area contributed by atoms with Crippen LogP contribution in [0, 0.1) is 0 Å². The van der Waals surface area contributed by atoms with E-state index < -0.39 is 5.97 Å². The summed E-state index contributed by atoms with van der Waals surface area (Å²) in [6.45, 7) is 0. The summed E-state index contributed by atoms with van der Waals surface area (Å²) in [5.74, 6) is -0.317. The molecular weight excluding hydrogens is 446 g/mol. The summed E-state index contributed by atoms with van der Waals surface area (Å²) in [7, 11) is 0. The van der Waals surface area contributed by atoms with E-state index in [2.05, 4.69) is 15.9 Å². The second kappa shape index (κ2) is 7.79. The molecule has 0 amide bonds. The van der Waals surface area contributed by atoms with Crippen molar-refractivity contribution in [3.8, 4) is 16.9 Å². The van der Waals surface area contributed by atoms with Gasteiger partial charge in [-0.25, -0.2) is 4.79 Å². The number of carbonyl (C=O) groups excluding carboxylic acids is 1. The highest BCUT2D eigenvalue weighted by molar-refractivity contribution is 9.10. The number of benzene rings is 3. The molecule has 0 unspecified atom stereocenters. The lowest BCUT2D eigenvalue weighted by atomic mass is 10.1. The fourth-order valence-corrected chi connectivity index (χ4v) is 3.40. The molecule has 0 heterocycles. The van der Waals surface area contributed by atoms with Crippen LogP contribution >= 0.6 is 50.7 Å². The van der Waals surface area contributed by atoms with E-state index in [1.54, 1.807) is 6.07 Å². The molecule has 3 rings (SSSR count). The molecule has 126 valence electrons. The maximum atomic E-state index is 12.4. The van der Waals surface area contributed by atoms with Crippen molar-refractivity contribution in [3.63, 3.8) is 0 Å². The summed E-state index contributed by atoms with van der Waals surface area (Å²) in [4.78, 5) is 12.4. The van der Waals surface area contributed by atoms with Crippen molar-refractivity contribution in [1.82, 2.24) is 0 Å². The molecular formula is C19H10BrCl3O2.